The predicted octanol–water partition coefficient (Wildman–Crippen LogP) is 14.7. The van der Waals surface area contributed by atoms with Crippen LogP contribution < -0.4 is 0 Å². The highest BCUT2D eigenvalue weighted by atomic mass is 14.4. The summed E-state index contributed by atoms with van der Waals surface area (Å²) in [5.41, 5.74) is 8.78. The molecule has 0 spiro atoms. The molecule has 0 saturated heterocycles. The van der Waals surface area contributed by atoms with Crippen LogP contribution in [0.3, 0.4) is 0 Å². The lowest BCUT2D eigenvalue weighted by Crippen LogP contribution is -2.33. The summed E-state index contributed by atoms with van der Waals surface area (Å²) >= 11 is 0. The monoisotopic (exact) mass is 649 g/mol. The van der Waals surface area contributed by atoms with Crippen LogP contribution >= 0.6 is 0 Å². The van der Waals surface area contributed by atoms with Gasteiger partial charge in [0.05, 0.1) is 0 Å². The van der Waals surface area contributed by atoms with Crippen molar-refractivity contribution in [1.82, 2.24) is 0 Å². The van der Waals surface area contributed by atoms with Crippen molar-refractivity contribution >= 4 is 0 Å². The molecule has 0 aromatic heterocycles. The highest BCUT2D eigenvalue weighted by Gasteiger charge is 2.33. The van der Waals surface area contributed by atoms with Gasteiger partial charge in [0.1, 0.15) is 0 Å². The molecule has 4 rings (SSSR count). The second-order valence-electron chi connectivity index (χ2n) is 18.7. The van der Waals surface area contributed by atoms with Gasteiger partial charge < -0.3 is 0 Å². The van der Waals surface area contributed by atoms with Crippen molar-refractivity contribution in [2.75, 3.05) is 0 Å². The third-order valence-electron chi connectivity index (χ3n) is 9.36. The molecule has 0 fully saturated rings. The van der Waals surface area contributed by atoms with Gasteiger partial charge in [0.15, 0.2) is 0 Å². The number of hydrogen-bond donors (Lipinski definition) is 0. The smallest absolute Gasteiger partial charge is 0.00551 e. The summed E-state index contributed by atoms with van der Waals surface area (Å²) in [4.78, 5) is 0. The Kier molecular flexibility index (Phi) is 16.6. The third-order valence-corrected chi connectivity index (χ3v) is 9.36. The minimum Gasteiger partial charge on any atom is -0.0622 e. The molecule has 4 aromatic rings. The van der Waals surface area contributed by atoms with E-state index in [2.05, 4.69) is 226 Å². The number of hydrogen-bond acceptors (Lipinski definition) is 0. The summed E-state index contributed by atoms with van der Waals surface area (Å²) in [5.74, 6) is 0.624. The van der Waals surface area contributed by atoms with Gasteiger partial charge in [-0.3, -0.25) is 0 Å². The van der Waals surface area contributed by atoms with Gasteiger partial charge in [-0.15, -0.1) is 0 Å². The second kappa shape index (κ2) is 18.6. The number of aryl methyl sites for hydroxylation is 1. The third kappa shape index (κ3) is 17.3. The van der Waals surface area contributed by atoms with Gasteiger partial charge in [0.2, 0.25) is 0 Å². The number of rotatable bonds is 4. The fraction of sp³-hybridized carbons (Fsp3) is 0.500. The maximum Gasteiger partial charge on any atom is -0.00551 e. The van der Waals surface area contributed by atoms with Crippen LogP contribution in [0, 0.1) is 28.6 Å². The Labute approximate surface area is 298 Å². The Balaban J connectivity index is 0.000000320. The Bertz CT molecular complexity index is 1400. The molecule has 4 aromatic carbocycles. The van der Waals surface area contributed by atoms with Crippen LogP contribution in [-0.2, 0) is 18.3 Å². The van der Waals surface area contributed by atoms with E-state index in [0.717, 1.165) is 12.8 Å². The van der Waals surface area contributed by atoms with E-state index in [4.69, 9.17) is 0 Å². The van der Waals surface area contributed by atoms with Crippen LogP contribution in [0.15, 0.2) is 115 Å². The lowest BCUT2D eigenvalue weighted by Gasteiger charge is -2.39. The molecule has 0 radical (unpaired) electrons. The van der Waals surface area contributed by atoms with E-state index < -0.39 is 0 Å². The summed E-state index contributed by atoms with van der Waals surface area (Å²) in [5, 5.41) is 0. The maximum absolute atomic E-state index is 2.31. The van der Waals surface area contributed by atoms with Gasteiger partial charge >= 0.3 is 0 Å². The summed E-state index contributed by atoms with van der Waals surface area (Å²) in [6.07, 6.45) is 2.32. The molecule has 48 heavy (non-hydrogen) atoms. The largest absolute Gasteiger partial charge is 0.0622 e. The fourth-order valence-electron chi connectivity index (χ4n) is 5.17. The molecule has 264 valence electrons. The SMILES string of the molecule is CC(C)(C)C(C)(C)c1ccccc1.CC(C)(C)Cc1ccccc1.CC(c1ccccc1)C(C)(C)C.Cc1cccc(CC(C)(C)C)c1. The highest BCUT2D eigenvalue weighted by molar-refractivity contribution is 5.26. The van der Waals surface area contributed by atoms with Crippen molar-refractivity contribution in [3.8, 4) is 0 Å². The molecule has 0 N–H and O–H groups in total. The van der Waals surface area contributed by atoms with Gasteiger partial charge in [-0.2, -0.15) is 0 Å². The Morgan fingerprint density at radius 1 is 0.458 bits per heavy atom. The standard InChI is InChI=1S/C13H20.2C12H18.C11H16/c1-12(2,3)13(4,5)11-9-7-6-8-10-11;1-10-6-5-7-11(8-10)9-12(2,3)4;1-10(12(2,3)4)11-8-6-5-7-9-11;1-11(2,3)9-10-7-5-4-6-8-10/h6-10H,1-5H3;5-8H,9H2,1-4H3;5-10H,1-4H3;4-8H,9H2,1-3H3. The first-order valence-electron chi connectivity index (χ1n) is 18.1. The Hall–Kier alpha value is -3.12. The van der Waals surface area contributed by atoms with E-state index in [1.165, 1.54) is 27.8 Å². The highest BCUT2D eigenvalue weighted by Crippen LogP contribution is 2.40. The molecule has 0 saturated carbocycles. The van der Waals surface area contributed by atoms with Gasteiger partial charge in [0.25, 0.3) is 0 Å². The van der Waals surface area contributed by atoms with E-state index in [-0.39, 0.29) is 5.41 Å². The van der Waals surface area contributed by atoms with Gasteiger partial charge in [-0.1, -0.05) is 225 Å². The Morgan fingerprint density at radius 2 is 0.854 bits per heavy atom. The van der Waals surface area contributed by atoms with Gasteiger partial charge in [-0.25, -0.2) is 0 Å². The van der Waals surface area contributed by atoms with E-state index in [9.17, 15) is 0 Å². The quantitative estimate of drug-likeness (QED) is 0.207. The van der Waals surface area contributed by atoms with E-state index in [1.807, 2.05) is 0 Å². The van der Waals surface area contributed by atoms with Gasteiger partial charge in [-0.05, 0) is 75.0 Å². The second-order valence-corrected chi connectivity index (χ2v) is 18.7. The normalized spacial score (nSPS) is 12.7. The minimum absolute atomic E-state index is 0.230. The summed E-state index contributed by atoms with van der Waals surface area (Å²) < 4.78 is 0. The first-order valence-corrected chi connectivity index (χ1v) is 18.1. The molecular weight excluding hydrogens is 577 g/mol. The molecular formula is C48H72. The lowest BCUT2D eigenvalue weighted by molar-refractivity contribution is 0.225. The van der Waals surface area contributed by atoms with Gasteiger partial charge in [0, 0.05) is 0 Å². The fourth-order valence-corrected chi connectivity index (χ4v) is 5.17. The zero-order chi connectivity index (χ0) is 36.8. The molecule has 0 heterocycles. The summed E-state index contributed by atoms with van der Waals surface area (Å²) in [6, 6.07) is 40.8. The first-order chi connectivity index (χ1) is 21.9. The zero-order valence-electron chi connectivity index (χ0n) is 34.0. The summed E-state index contributed by atoms with van der Waals surface area (Å²) in [7, 11) is 0. The predicted molar refractivity (Wildman–Crippen MR) is 217 cm³/mol. The molecule has 0 aliphatic heterocycles. The molecule has 0 amide bonds. The molecule has 0 aliphatic rings. The average molecular weight is 649 g/mol. The van der Waals surface area contributed by atoms with Crippen LogP contribution in [-0.4, -0.2) is 0 Å². The molecule has 1 atom stereocenters. The van der Waals surface area contributed by atoms with Crippen LogP contribution in [0.2, 0.25) is 0 Å². The topological polar surface area (TPSA) is 0 Å². The molecule has 0 bridgehead atoms. The van der Waals surface area contributed by atoms with Crippen molar-refractivity contribution in [3.05, 3.63) is 143 Å². The maximum atomic E-state index is 2.31. The van der Waals surface area contributed by atoms with E-state index in [0.29, 0.717) is 27.6 Å². The molecule has 0 heteroatoms. The zero-order valence-corrected chi connectivity index (χ0v) is 34.0. The average Bonchev–Trinajstić information content (AvgIpc) is 2.96. The Morgan fingerprint density at radius 3 is 1.25 bits per heavy atom. The van der Waals surface area contributed by atoms with Crippen molar-refractivity contribution in [3.63, 3.8) is 0 Å². The number of benzene rings is 4. The summed E-state index contributed by atoms with van der Waals surface area (Å²) in [6.45, 7) is 36.4. The van der Waals surface area contributed by atoms with Crippen molar-refractivity contribution in [2.45, 2.75) is 135 Å². The first kappa shape index (κ1) is 42.9. The van der Waals surface area contributed by atoms with Crippen LogP contribution in [0.5, 0.6) is 0 Å². The van der Waals surface area contributed by atoms with Crippen molar-refractivity contribution in [1.29, 1.82) is 0 Å². The molecule has 1 unspecified atom stereocenters. The van der Waals surface area contributed by atoms with E-state index in [1.54, 1.807) is 0 Å². The molecule has 0 aliphatic carbocycles. The van der Waals surface area contributed by atoms with Crippen molar-refractivity contribution in [2.24, 2.45) is 21.7 Å². The van der Waals surface area contributed by atoms with Crippen LogP contribution in [0.4, 0.5) is 0 Å². The van der Waals surface area contributed by atoms with Crippen LogP contribution in [0.1, 0.15) is 138 Å². The van der Waals surface area contributed by atoms with Crippen molar-refractivity contribution < 1.29 is 0 Å². The molecule has 0 nitrogen and oxygen atoms in total. The minimum atomic E-state index is 0.230. The van der Waals surface area contributed by atoms with Crippen LogP contribution in [0.25, 0.3) is 0 Å². The lowest BCUT2D eigenvalue weighted by atomic mass is 9.65. The van der Waals surface area contributed by atoms with E-state index >= 15 is 0 Å².